The number of phenols is 1. The third-order valence-corrected chi connectivity index (χ3v) is 6.13. The normalized spacial score (nSPS) is 13.9. The number of ether oxygens (including phenoxy) is 2. The van der Waals surface area contributed by atoms with Crippen LogP contribution in [0.25, 0.3) is 0 Å². The van der Waals surface area contributed by atoms with Gasteiger partial charge < -0.3 is 19.5 Å². The van der Waals surface area contributed by atoms with E-state index in [4.69, 9.17) is 14.9 Å². The van der Waals surface area contributed by atoms with Gasteiger partial charge in [0.05, 0.1) is 25.3 Å². The lowest BCUT2D eigenvalue weighted by atomic mass is 9.78. The van der Waals surface area contributed by atoms with Crippen molar-refractivity contribution >= 4 is 11.6 Å². The van der Waals surface area contributed by atoms with E-state index < -0.39 is 5.82 Å². The van der Waals surface area contributed by atoms with Crippen molar-refractivity contribution in [3.63, 3.8) is 0 Å². The minimum absolute atomic E-state index is 0.0430. The Morgan fingerprint density at radius 3 is 2.11 bits per heavy atom. The Hall–Kier alpha value is -3.09. The van der Waals surface area contributed by atoms with Crippen LogP contribution in [0.15, 0.2) is 18.2 Å². The summed E-state index contributed by atoms with van der Waals surface area (Å²) in [4.78, 5) is 15.0. The molecule has 190 valence electrons. The van der Waals surface area contributed by atoms with E-state index in [2.05, 4.69) is 0 Å². The second-order valence-electron chi connectivity index (χ2n) is 11.5. The molecule has 0 aromatic heterocycles. The first-order valence-electron chi connectivity index (χ1n) is 11.9. The van der Waals surface area contributed by atoms with Crippen LogP contribution >= 0.6 is 0 Å². The minimum atomic E-state index is -0.657. The van der Waals surface area contributed by atoms with Crippen LogP contribution < -0.4 is 9.47 Å². The van der Waals surface area contributed by atoms with Crippen molar-refractivity contribution in [2.45, 2.75) is 78.9 Å². The quantitative estimate of drug-likeness (QED) is 0.496. The number of nitrogens with zero attached hydrogens (tertiary/aromatic N) is 1. The Balaban J connectivity index is 1.97. The molecule has 35 heavy (non-hydrogen) atoms. The van der Waals surface area contributed by atoms with Gasteiger partial charge in [-0.3, -0.25) is 10.2 Å². The summed E-state index contributed by atoms with van der Waals surface area (Å²) in [5.74, 6) is -0.484. The number of phenolic OH excluding ortho intramolecular Hbond substituents is 1. The van der Waals surface area contributed by atoms with Gasteiger partial charge in [-0.1, -0.05) is 41.5 Å². The zero-order chi connectivity index (χ0) is 26.5. The standard InChI is InChI=1S/C28H37FN2O4/c1-15(2)35-21-12-17-13-31(26(30)22(17)23(29)25(21)34-9)14-20(32)16-10-18(27(3,4)5)24(33)19(11-16)28(6,7)8/h10-12,15,30,33H,13-14H2,1-9H3. The number of hydrogen-bond donors (Lipinski definition) is 2. The molecule has 0 saturated heterocycles. The molecule has 0 aliphatic carbocycles. The molecule has 7 heteroatoms. The summed E-state index contributed by atoms with van der Waals surface area (Å²) < 4.78 is 26.2. The molecule has 1 aliphatic rings. The zero-order valence-electron chi connectivity index (χ0n) is 22.2. The third kappa shape index (κ3) is 5.14. The van der Waals surface area contributed by atoms with Gasteiger partial charge in [0.1, 0.15) is 11.6 Å². The van der Waals surface area contributed by atoms with Gasteiger partial charge in [0.15, 0.2) is 23.1 Å². The second kappa shape index (κ2) is 9.17. The van der Waals surface area contributed by atoms with Crippen LogP contribution in [0.2, 0.25) is 0 Å². The first-order valence-corrected chi connectivity index (χ1v) is 11.9. The van der Waals surface area contributed by atoms with Crippen LogP contribution in [-0.4, -0.2) is 41.4 Å². The number of benzene rings is 2. The molecular weight excluding hydrogens is 447 g/mol. The number of hydrogen-bond acceptors (Lipinski definition) is 5. The second-order valence-corrected chi connectivity index (χ2v) is 11.5. The fraction of sp³-hybridized carbons (Fsp3) is 0.500. The molecule has 0 radical (unpaired) electrons. The SMILES string of the molecule is COc1c(OC(C)C)cc2c(c1F)C(=N)N(CC(=O)c1cc(C(C)(C)C)c(O)c(C(C)(C)C)c1)C2. The van der Waals surface area contributed by atoms with Crippen molar-refractivity contribution < 1.29 is 23.8 Å². The van der Waals surface area contributed by atoms with Gasteiger partial charge in [0, 0.05) is 23.2 Å². The molecule has 0 saturated carbocycles. The van der Waals surface area contributed by atoms with Crippen molar-refractivity contribution in [2.24, 2.45) is 0 Å². The van der Waals surface area contributed by atoms with Crippen LogP contribution in [0.4, 0.5) is 4.39 Å². The monoisotopic (exact) mass is 484 g/mol. The van der Waals surface area contributed by atoms with Gasteiger partial charge in [0.2, 0.25) is 0 Å². The summed E-state index contributed by atoms with van der Waals surface area (Å²) in [6, 6.07) is 5.15. The Labute approximate surface area is 207 Å². The van der Waals surface area contributed by atoms with Crippen LogP contribution in [0.1, 0.15) is 88.0 Å². The number of nitrogens with one attached hydrogen (secondary N) is 1. The van der Waals surface area contributed by atoms with Gasteiger partial charge in [-0.05, 0) is 48.4 Å². The van der Waals surface area contributed by atoms with E-state index in [9.17, 15) is 9.90 Å². The molecule has 0 bridgehead atoms. The predicted octanol–water partition coefficient (Wildman–Crippen LogP) is 5.95. The Morgan fingerprint density at radius 2 is 1.66 bits per heavy atom. The number of ketones is 1. The number of amidine groups is 1. The van der Waals surface area contributed by atoms with E-state index in [1.807, 2.05) is 55.4 Å². The number of aromatic hydroxyl groups is 1. The molecule has 2 aromatic carbocycles. The highest BCUT2D eigenvalue weighted by Gasteiger charge is 2.34. The smallest absolute Gasteiger partial charge is 0.197 e. The highest BCUT2D eigenvalue weighted by Crippen LogP contribution is 2.41. The molecule has 2 N–H and O–H groups in total. The number of methoxy groups -OCH3 is 1. The van der Waals surface area contributed by atoms with Gasteiger partial charge in [-0.25, -0.2) is 4.39 Å². The first kappa shape index (κ1) is 26.5. The van der Waals surface area contributed by atoms with Crippen molar-refractivity contribution in [1.29, 1.82) is 5.41 Å². The molecule has 0 atom stereocenters. The number of halogens is 1. The largest absolute Gasteiger partial charge is 0.507 e. The average Bonchev–Trinajstić information content (AvgIpc) is 3.01. The third-order valence-electron chi connectivity index (χ3n) is 6.13. The lowest BCUT2D eigenvalue weighted by Crippen LogP contribution is -2.31. The van der Waals surface area contributed by atoms with Gasteiger partial charge in [-0.2, -0.15) is 0 Å². The highest BCUT2D eigenvalue weighted by molar-refractivity contribution is 6.06. The van der Waals surface area contributed by atoms with E-state index >= 15 is 4.39 Å². The maximum absolute atomic E-state index is 15.3. The first-order chi connectivity index (χ1) is 16.1. The van der Waals surface area contributed by atoms with Gasteiger partial charge in [-0.15, -0.1) is 0 Å². The lowest BCUT2D eigenvalue weighted by Gasteiger charge is -2.28. The Kier molecular flexibility index (Phi) is 6.95. The van der Waals surface area contributed by atoms with Crippen molar-refractivity contribution in [3.8, 4) is 17.2 Å². The molecule has 0 amide bonds. The van der Waals surface area contributed by atoms with Gasteiger partial charge >= 0.3 is 0 Å². The van der Waals surface area contributed by atoms with E-state index in [0.29, 0.717) is 22.3 Å². The fourth-order valence-corrected chi connectivity index (χ4v) is 4.35. The number of rotatable bonds is 6. The molecule has 3 rings (SSSR count). The maximum atomic E-state index is 15.3. The average molecular weight is 485 g/mol. The molecule has 0 fully saturated rings. The van der Waals surface area contributed by atoms with Crippen LogP contribution in [0.3, 0.4) is 0 Å². The maximum Gasteiger partial charge on any atom is 0.197 e. The fourth-order valence-electron chi connectivity index (χ4n) is 4.35. The van der Waals surface area contributed by atoms with Crippen LogP contribution in [-0.2, 0) is 17.4 Å². The van der Waals surface area contributed by atoms with E-state index in [1.165, 1.54) is 7.11 Å². The molecule has 0 unspecified atom stereocenters. The number of carbonyl (C=O) groups excluding carboxylic acids is 1. The summed E-state index contributed by atoms with van der Waals surface area (Å²) in [7, 11) is 1.36. The molecular formula is C28H37FN2O4. The summed E-state index contributed by atoms with van der Waals surface area (Å²) in [5, 5.41) is 19.5. The van der Waals surface area contributed by atoms with Crippen LogP contribution in [0.5, 0.6) is 17.2 Å². The molecule has 2 aromatic rings. The highest BCUT2D eigenvalue weighted by atomic mass is 19.1. The summed E-state index contributed by atoms with van der Waals surface area (Å²) in [5.41, 5.74) is 1.81. The summed E-state index contributed by atoms with van der Waals surface area (Å²) >= 11 is 0. The minimum Gasteiger partial charge on any atom is -0.507 e. The topological polar surface area (TPSA) is 82.9 Å². The van der Waals surface area contributed by atoms with E-state index in [0.717, 1.165) is 0 Å². The van der Waals surface area contributed by atoms with E-state index in [-0.39, 0.29) is 64.5 Å². The zero-order valence-corrected chi connectivity index (χ0v) is 22.2. The molecule has 6 nitrogen and oxygen atoms in total. The van der Waals surface area contributed by atoms with Crippen molar-refractivity contribution in [1.82, 2.24) is 4.90 Å². The summed E-state index contributed by atoms with van der Waals surface area (Å²) in [6.45, 7) is 15.7. The number of carbonyl (C=O) groups is 1. The molecule has 1 heterocycles. The predicted molar refractivity (Wildman–Crippen MR) is 136 cm³/mol. The van der Waals surface area contributed by atoms with E-state index in [1.54, 1.807) is 23.1 Å². The lowest BCUT2D eigenvalue weighted by molar-refractivity contribution is 0.0962. The Morgan fingerprint density at radius 1 is 1.11 bits per heavy atom. The van der Waals surface area contributed by atoms with Crippen molar-refractivity contribution in [2.75, 3.05) is 13.7 Å². The molecule has 1 aliphatic heterocycles. The summed E-state index contributed by atoms with van der Waals surface area (Å²) in [6.07, 6.45) is -0.177. The van der Waals surface area contributed by atoms with Crippen molar-refractivity contribution in [3.05, 3.63) is 51.8 Å². The molecule has 0 spiro atoms. The number of Topliss-reactive ketones (excluding diaryl/α,β-unsaturated/α-hetero) is 1. The Bertz CT molecular complexity index is 1140. The number of fused-ring (bicyclic) bond motifs is 1. The van der Waals surface area contributed by atoms with Crippen LogP contribution in [0, 0.1) is 11.2 Å². The van der Waals surface area contributed by atoms with Gasteiger partial charge in [0.25, 0.3) is 0 Å².